The third-order valence-corrected chi connectivity index (χ3v) is 5.65. The molecule has 0 spiro atoms. The SMILES string of the molecule is C=C(O)c1ccc(-c2ccccc2)cc1CS(=O)(=O)Cc1ccccc1. The second-order valence-corrected chi connectivity index (χ2v) is 8.27. The van der Waals surface area contributed by atoms with Crippen molar-refractivity contribution < 1.29 is 13.5 Å². The summed E-state index contributed by atoms with van der Waals surface area (Å²) in [7, 11) is -3.39. The van der Waals surface area contributed by atoms with Gasteiger partial charge >= 0.3 is 0 Å². The first-order valence-electron chi connectivity index (χ1n) is 8.25. The lowest BCUT2D eigenvalue weighted by Crippen LogP contribution is -2.09. The van der Waals surface area contributed by atoms with E-state index in [2.05, 4.69) is 6.58 Å². The number of hydrogen-bond acceptors (Lipinski definition) is 3. The van der Waals surface area contributed by atoms with E-state index in [-0.39, 0.29) is 17.3 Å². The average Bonchev–Trinajstić information content (AvgIpc) is 2.62. The maximum atomic E-state index is 12.7. The average molecular weight is 364 g/mol. The quantitative estimate of drug-likeness (QED) is 0.627. The Balaban J connectivity index is 1.95. The van der Waals surface area contributed by atoms with E-state index in [9.17, 15) is 13.5 Å². The molecule has 0 fully saturated rings. The first kappa shape index (κ1) is 18.0. The highest BCUT2D eigenvalue weighted by molar-refractivity contribution is 7.89. The summed E-state index contributed by atoms with van der Waals surface area (Å²) in [5, 5.41) is 9.86. The Labute approximate surface area is 154 Å². The maximum Gasteiger partial charge on any atom is 0.158 e. The number of benzene rings is 3. The number of aliphatic hydroxyl groups excluding tert-OH is 1. The minimum Gasteiger partial charge on any atom is -0.508 e. The van der Waals surface area contributed by atoms with Gasteiger partial charge in [-0.15, -0.1) is 0 Å². The number of sulfone groups is 1. The summed E-state index contributed by atoms with van der Waals surface area (Å²) in [6, 6.07) is 24.2. The van der Waals surface area contributed by atoms with Crippen molar-refractivity contribution in [2.45, 2.75) is 11.5 Å². The number of aliphatic hydroxyl groups is 1. The topological polar surface area (TPSA) is 54.4 Å². The molecule has 0 aliphatic rings. The molecule has 1 N–H and O–H groups in total. The standard InChI is InChI=1S/C22H20O3S/c1-17(23)22-13-12-20(19-10-6-3-7-11-19)14-21(22)16-26(24,25)15-18-8-4-2-5-9-18/h2-14,23H,1,15-16H2. The Morgan fingerprint density at radius 3 is 2.04 bits per heavy atom. The predicted octanol–water partition coefficient (Wildman–Crippen LogP) is 5.00. The molecule has 0 radical (unpaired) electrons. The van der Waals surface area contributed by atoms with Gasteiger partial charge in [0.1, 0.15) is 5.76 Å². The summed E-state index contributed by atoms with van der Waals surface area (Å²) in [6.07, 6.45) is 0. The molecule has 0 aliphatic carbocycles. The molecular formula is C22H20O3S. The van der Waals surface area contributed by atoms with Crippen LogP contribution >= 0.6 is 0 Å². The van der Waals surface area contributed by atoms with Crippen molar-refractivity contribution in [1.29, 1.82) is 0 Å². The van der Waals surface area contributed by atoms with Gasteiger partial charge in [0.15, 0.2) is 9.84 Å². The Morgan fingerprint density at radius 2 is 1.42 bits per heavy atom. The normalized spacial score (nSPS) is 11.2. The number of hydrogen-bond donors (Lipinski definition) is 1. The van der Waals surface area contributed by atoms with Gasteiger partial charge in [-0.3, -0.25) is 0 Å². The van der Waals surface area contributed by atoms with Gasteiger partial charge in [0.25, 0.3) is 0 Å². The summed E-state index contributed by atoms with van der Waals surface area (Å²) < 4.78 is 25.4. The third kappa shape index (κ3) is 4.41. The molecule has 0 amide bonds. The highest BCUT2D eigenvalue weighted by Gasteiger charge is 2.17. The van der Waals surface area contributed by atoms with Crippen LogP contribution in [0.3, 0.4) is 0 Å². The third-order valence-electron chi connectivity index (χ3n) is 4.13. The van der Waals surface area contributed by atoms with Gasteiger partial charge in [-0.05, 0) is 28.3 Å². The lowest BCUT2D eigenvalue weighted by Gasteiger charge is -2.12. The fourth-order valence-electron chi connectivity index (χ4n) is 2.92. The zero-order valence-electron chi connectivity index (χ0n) is 14.3. The predicted molar refractivity (Wildman–Crippen MR) is 106 cm³/mol. The van der Waals surface area contributed by atoms with Crippen LogP contribution in [-0.2, 0) is 21.3 Å². The minimum absolute atomic E-state index is 0.0409. The largest absolute Gasteiger partial charge is 0.508 e. The second-order valence-electron chi connectivity index (χ2n) is 6.20. The molecular weight excluding hydrogens is 344 g/mol. The van der Waals surface area contributed by atoms with Crippen molar-refractivity contribution in [1.82, 2.24) is 0 Å². The van der Waals surface area contributed by atoms with Gasteiger partial charge in [-0.2, -0.15) is 0 Å². The Kier molecular flexibility index (Phi) is 5.24. The molecule has 132 valence electrons. The molecule has 3 nitrogen and oxygen atoms in total. The molecule has 4 heteroatoms. The van der Waals surface area contributed by atoms with Crippen molar-refractivity contribution in [3.63, 3.8) is 0 Å². The fourth-order valence-corrected chi connectivity index (χ4v) is 4.44. The summed E-state index contributed by atoms with van der Waals surface area (Å²) in [5.74, 6) is -0.326. The Morgan fingerprint density at radius 1 is 0.808 bits per heavy atom. The van der Waals surface area contributed by atoms with Gasteiger partial charge in [0.05, 0.1) is 11.5 Å². The lowest BCUT2D eigenvalue weighted by molar-refractivity contribution is 0.513. The van der Waals surface area contributed by atoms with Crippen LogP contribution in [0.5, 0.6) is 0 Å². The molecule has 26 heavy (non-hydrogen) atoms. The van der Waals surface area contributed by atoms with Crippen LogP contribution in [-0.4, -0.2) is 13.5 Å². The molecule has 0 atom stereocenters. The smallest absolute Gasteiger partial charge is 0.158 e. The molecule has 0 saturated heterocycles. The van der Waals surface area contributed by atoms with Gasteiger partial charge in [0, 0.05) is 5.56 Å². The van der Waals surface area contributed by atoms with Gasteiger partial charge in [-0.25, -0.2) is 8.42 Å². The van der Waals surface area contributed by atoms with E-state index in [1.165, 1.54) is 0 Å². The van der Waals surface area contributed by atoms with E-state index in [0.29, 0.717) is 11.1 Å². The van der Waals surface area contributed by atoms with Crippen molar-refractivity contribution in [2.24, 2.45) is 0 Å². The van der Waals surface area contributed by atoms with E-state index >= 15 is 0 Å². The minimum atomic E-state index is -3.39. The van der Waals surface area contributed by atoms with Crippen LogP contribution in [0.15, 0.2) is 85.4 Å². The van der Waals surface area contributed by atoms with E-state index in [0.717, 1.165) is 16.7 Å². The van der Waals surface area contributed by atoms with Crippen LogP contribution < -0.4 is 0 Å². The highest BCUT2D eigenvalue weighted by atomic mass is 32.2. The summed E-state index contributed by atoms with van der Waals surface area (Å²) in [4.78, 5) is 0. The Bertz CT molecular complexity index is 1010. The highest BCUT2D eigenvalue weighted by Crippen LogP contribution is 2.27. The molecule has 3 rings (SSSR count). The number of rotatable bonds is 6. The van der Waals surface area contributed by atoms with Crippen LogP contribution in [0, 0.1) is 0 Å². The monoisotopic (exact) mass is 364 g/mol. The van der Waals surface area contributed by atoms with Crippen LogP contribution in [0.1, 0.15) is 16.7 Å². The lowest BCUT2D eigenvalue weighted by atomic mass is 9.99. The molecule has 0 aromatic heterocycles. The van der Waals surface area contributed by atoms with E-state index in [1.54, 1.807) is 18.2 Å². The molecule has 0 aliphatic heterocycles. The van der Waals surface area contributed by atoms with Crippen molar-refractivity contribution in [2.75, 3.05) is 0 Å². The Hall–Kier alpha value is -2.85. The summed E-state index contributed by atoms with van der Waals surface area (Å²) in [5.41, 5.74) is 3.65. The van der Waals surface area contributed by atoms with Crippen molar-refractivity contribution in [3.05, 3.63) is 102 Å². The van der Waals surface area contributed by atoms with Crippen molar-refractivity contribution in [3.8, 4) is 11.1 Å². The van der Waals surface area contributed by atoms with Crippen LogP contribution in [0.25, 0.3) is 16.9 Å². The molecule has 0 unspecified atom stereocenters. The van der Waals surface area contributed by atoms with Crippen LogP contribution in [0.2, 0.25) is 0 Å². The van der Waals surface area contributed by atoms with Gasteiger partial charge < -0.3 is 5.11 Å². The van der Waals surface area contributed by atoms with Crippen LogP contribution in [0.4, 0.5) is 0 Å². The summed E-state index contributed by atoms with van der Waals surface area (Å²) in [6.45, 7) is 3.56. The fraction of sp³-hybridized carbons (Fsp3) is 0.0909. The van der Waals surface area contributed by atoms with E-state index in [1.807, 2.05) is 60.7 Å². The second kappa shape index (κ2) is 7.58. The molecule has 3 aromatic carbocycles. The zero-order chi connectivity index (χ0) is 18.6. The van der Waals surface area contributed by atoms with E-state index in [4.69, 9.17) is 0 Å². The molecule has 0 saturated carbocycles. The molecule has 3 aromatic rings. The first-order chi connectivity index (χ1) is 12.4. The van der Waals surface area contributed by atoms with E-state index < -0.39 is 9.84 Å². The zero-order valence-corrected chi connectivity index (χ0v) is 15.1. The summed E-state index contributed by atoms with van der Waals surface area (Å²) >= 11 is 0. The molecule has 0 heterocycles. The van der Waals surface area contributed by atoms with Gasteiger partial charge in [-0.1, -0.05) is 79.4 Å². The van der Waals surface area contributed by atoms with Gasteiger partial charge in [0.2, 0.25) is 0 Å². The van der Waals surface area contributed by atoms with Crippen molar-refractivity contribution >= 4 is 15.6 Å². The maximum absolute atomic E-state index is 12.7. The first-order valence-corrected chi connectivity index (χ1v) is 10.1. The molecule has 0 bridgehead atoms.